The number of nitrogens with one attached hydrogen (secondary N) is 1. The summed E-state index contributed by atoms with van der Waals surface area (Å²) >= 11 is 12.2. The molecule has 1 fully saturated rings. The molecule has 0 spiro atoms. The summed E-state index contributed by atoms with van der Waals surface area (Å²) < 4.78 is 24.3. The zero-order valence-electron chi connectivity index (χ0n) is 14.0. The number of benzene rings is 1. The van der Waals surface area contributed by atoms with E-state index in [4.69, 9.17) is 23.2 Å². The second kappa shape index (κ2) is 6.91. The van der Waals surface area contributed by atoms with Crippen molar-refractivity contribution in [1.29, 1.82) is 0 Å². The highest BCUT2D eigenvalue weighted by atomic mass is 35.5. The van der Waals surface area contributed by atoms with E-state index in [2.05, 4.69) is 5.32 Å². The molecule has 1 unspecified atom stereocenters. The maximum Gasteiger partial charge on any atom is 0.155 e. The van der Waals surface area contributed by atoms with Gasteiger partial charge in [-0.25, -0.2) is 8.42 Å². The van der Waals surface area contributed by atoms with Crippen LogP contribution in [0.25, 0.3) is 0 Å². The molecule has 0 saturated carbocycles. The number of hydrogen-bond donors (Lipinski definition) is 1. The van der Waals surface area contributed by atoms with Gasteiger partial charge in [0, 0.05) is 12.0 Å². The molecule has 1 aromatic rings. The molecule has 1 N–H and O–H groups in total. The van der Waals surface area contributed by atoms with Gasteiger partial charge < -0.3 is 5.32 Å². The summed E-state index contributed by atoms with van der Waals surface area (Å²) in [6.45, 7) is 7.01. The fourth-order valence-electron chi connectivity index (χ4n) is 3.03. The van der Waals surface area contributed by atoms with Gasteiger partial charge >= 0.3 is 0 Å². The largest absolute Gasteiger partial charge is 0.316 e. The van der Waals surface area contributed by atoms with Crippen molar-refractivity contribution < 1.29 is 8.42 Å². The van der Waals surface area contributed by atoms with E-state index in [1.807, 2.05) is 12.1 Å². The van der Waals surface area contributed by atoms with E-state index in [1.165, 1.54) is 0 Å². The van der Waals surface area contributed by atoms with E-state index in [-0.39, 0.29) is 11.2 Å². The molecule has 2 rings (SSSR count). The smallest absolute Gasteiger partial charge is 0.155 e. The molecular weight excluding hydrogens is 353 g/mol. The van der Waals surface area contributed by atoms with E-state index in [0.29, 0.717) is 16.5 Å². The van der Waals surface area contributed by atoms with Gasteiger partial charge in [0.1, 0.15) is 0 Å². The van der Waals surface area contributed by atoms with E-state index in [9.17, 15) is 8.42 Å². The molecule has 0 aromatic heterocycles. The summed E-state index contributed by atoms with van der Waals surface area (Å²) in [5.41, 5.74) is 0.869. The van der Waals surface area contributed by atoms with Crippen LogP contribution in [0.3, 0.4) is 0 Å². The molecule has 1 heterocycles. The first kappa shape index (κ1) is 19.0. The van der Waals surface area contributed by atoms with Crippen LogP contribution in [-0.2, 0) is 15.3 Å². The Bertz CT molecular complexity index is 660. The standard InChI is InChI=1S/C17H25Cl2NO2S/c1-16(2,3)23(21,22)10-8-17(7-4-9-20-12-17)13-5-6-14(18)15(19)11-13/h5-6,11,20H,4,7-10,12H2,1-3H3. The van der Waals surface area contributed by atoms with Crippen LogP contribution in [0.2, 0.25) is 10.0 Å². The monoisotopic (exact) mass is 377 g/mol. The van der Waals surface area contributed by atoms with Gasteiger partial charge in [-0.1, -0.05) is 29.3 Å². The third kappa shape index (κ3) is 4.22. The first-order valence-electron chi connectivity index (χ1n) is 7.96. The van der Waals surface area contributed by atoms with Crippen LogP contribution in [-0.4, -0.2) is 32.0 Å². The van der Waals surface area contributed by atoms with Gasteiger partial charge in [-0.2, -0.15) is 0 Å². The van der Waals surface area contributed by atoms with Gasteiger partial charge in [0.15, 0.2) is 9.84 Å². The maximum absolute atomic E-state index is 12.5. The Hall–Kier alpha value is -0.290. The number of halogens is 2. The van der Waals surface area contributed by atoms with E-state index in [0.717, 1.165) is 31.5 Å². The first-order chi connectivity index (χ1) is 10.6. The molecule has 1 aliphatic heterocycles. The van der Waals surface area contributed by atoms with Crippen molar-refractivity contribution in [2.45, 2.75) is 50.2 Å². The quantitative estimate of drug-likeness (QED) is 0.854. The molecular formula is C17H25Cl2NO2S. The van der Waals surface area contributed by atoms with Gasteiger partial charge in [-0.3, -0.25) is 0 Å². The van der Waals surface area contributed by atoms with Crippen molar-refractivity contribution in [2.75, 3.05) is 18.8 Å². The minimum Gasteiger partial charge on any atom is -0.316 e. The van der Waals surface area contributed by atoms with Crippen LogP contribution in [0, 0.1) is 0 Å². The minimum absolute atomic E-state index is 0.179. The Morgan fingerprint density at radius 3 is 2.43 bits per heavy atom. The zero-order valence-corrected chi connectivity index (χ0v) is 16.3. The molecule has 1 atom stereocenters. The fraction of sp³-hybridized carbons (Fsp3) is 0.647. The molecule has 0 radical (unpaired) electrons. The normalized spacial score (nSPS) is 23.0. The molecule has 0 amide bonds. The fourth-order valence-corrected chi connectivity index (χ4v) is 4.60. The Kier molecular flexibility index (Phi) is 5.72. The van der Waals surface area contributed by atoms with Crippen LogP contribution >= 0.6 is 23.2 Å². The number of hydrogen-bond acceptors (Lipinski definition) is 3. The van der Waals surface area contributed by atoms with Crippen LogP contribution in [0.15, 0.2) is 18.2 Å². The highest BCUT2D eigenvalue weighted by Crippen LogP contribution is 2.38. The summed E-state index contributed by atoms with van der Waals surface area (Å²) in [5.74, 6) is 0.179. The average molecular weight is 378 g/mol. The molecule has 6 heteroatoms. The first-order valence-corrected chi connectivity index (χ1v) is 10.4. The lowest BCUT2D eigenvalue weighted by atomic mass is 9.73. The van der Waals surface area contributed by atoms with Crippen LogP contribution in [0.1, 0.15) is 45.6 Å². The average Bonchev–Trinajstić information content (AvgIpc) is 2.48. The number of piperidine rings is 1. The minimum atomic E-state index is -3.15. The predicted molar refractivity (Wildman–Crippen MR) is 98.4 cm³/mol. The Balaban J connectivity index is 2.31. The molecule has 23 heavy (non-hydrogen) atoms. The van der Waals surface area contributed by atoms with E-state index >= 15 is 0 Å². The van der Waals surface area contributed by atoms with Crippen molar-refractivity contribution in [1.82, 2.24) is 5.32 Å². The van der Waals surface area contributed by atoms with Crippen molar-refractivity contribution in [3.8, 4) is 0 Å². The third-order valence-electron chi connectivity index (χ3n) is 4.79. The summed E-state index contributed by atoms with van der Waals surface area (Å²) in [6, 6.07) is 5.67. The lowest BCUT2D eigenvalue weighted by Crippen LogP contribution is -2.45. The maximum atomic E-state index is 12.5. The van der Waals surface area contributed by atoms with Gasteiger partial charge in [0.05, 0.1) is 20.5 Å². The molecule has 3 nitrogen and oxygen atoms in total. The van der Waals surface area contributed by atoms with Gasteiger partial charge in [-0.15, -0.1) is 0 Å². The Morgan fingerprint density at radius 1 is 1.22 bits per heavy atom. The topological polar surface area (TPSA) is 46.2 Å². The third-order valence-corrected chi connectivity index (χ3v) is 8.13. The Labute approximate surface area is 149 Å². The van der Waals surface area contributed by atoms with Crippen LogP contribution in [0.4, 0.5) is 0 Å². The summed E-state index contributed by atoms with van der Waals surface area (Å²) in [5, 5.41) is 4.46. The second-order valence-electron chi connectivity index (χ2n) is 7.37. The predicted octanol–water partition coefficient (Wildman–Crippen LogP) is 4.22. The van der Waals surface area contributed by atoms with Gasteiger partial charge in [-0.05, 0) is 64.3 Å². The highest BCUT2D eigenvalue weighted by molar-refractivity contribution is 7.92. The molecule has 1 aliphatic rings. The van der Waals surface area contributed by atoms with Gasteiger partial charge in [0.2, 0.25) is 0 Å². The van der Waals surface area contributed by atoms with E-state index < -0.39 is 14.6 Å². The molecule has 1 aromatic carbocycles. The molecule has 130 valence electrons. The van der Waals surface area contributed by atoms with Crippen molar-refractivity contribution >= 4 is 33.0 Å². The summed E-state index contributed by atoms with van der Waals surface area (Å²) in [7, 11) is -3.15. The van der Waals surface area contributed by atoms with Crippen molar-refractivity contribution in [3.05, 3.63) is 33.8 Å². The number of sulfone groups is 1. The number of rotatable bonds is 4. The van der Waals surface area contributed by atoms with E-state index in [1.54, 1.807) is 26.8 Å². The SMILES string of the molecule is CC(C)(C)S(=O)(=O)CCC1(c2ccc(Cl)c(Cl)c2)CCCNC1. The van der Waals surface area contributed by atoms with Crippen molar-refractivity contribution in [3.63, 3.8) is 0 Å². The molecule has 0 aliphatic carbocycles. The van der Waals surface area contributed by atoms with Crippen LogP contribution in [0.5, 0.6) is 0 Å². The molecule has 1 saturated heterocycles. The summed E-state index contributed by atoms with van der Waals surface area (Å²) in [4.78, 5) is 0. The van der Waals surface area contributed by atoms with Crippen molar-refractivity contribution in [2.24, 2.45) is 0 Å². The van der Waals surface area contributed by atoms with Crippen LogP contribution < -0.4 is 5.32 Å². The molecule has 0 bridgehead atoms. The summed E-state index contributed by atoms with van der Waals surface area (Å²) in [6.07, 6.45) is 2.57. The lowest BCUT2D eigenvalue weighted by Gasteiger charge is -2.39. The zero-order chi connectivity index (χ0) is 17.3. The highest BCUT2D eigenvalue weighted by Gasteiger charge is 2.38. The lowest BCUT2D eigenvalue weighted by molar-refractivity contribution is 0.303. The Morgan fingerprint density at radius 2 is 1.91 bits per heavy atom. The second-order valence-corrected chi connectivity index (χ2v) is 11.0. The van der Waals surface area contributed by atoms with Gasteiger partial charge in [0.25, 0.3) is 0 Å².